The number of hydrogen-bond donors (Lipinski definition) is 3. The zero-order chi connectivity index (χ0) is 26.2. The first-order valence-electron chi connectivity index (χ1n) is 12.7. The number of nitrogens with one attached hydrogen (secondary N) is 3. The lowest BCUT2D eigenvalue weighted by molar-refractivity contribution is 0.691. The van der Waals surface area contributed by atoms with Crippen LogP contribution in [0.25, 0.3) is 55.4 Å². The van der Waals surface area contributed by atoms with Crippen LogP contribution in [0.4, 0.5) is 0 Å². The van der Waals surface area contributed by atoms with Crippen LogP contribution in [0.5, 0.6) is 0 Å². The second-order valence-corrected chi connectivity index (χ2v) is 10.7. The number of benzene rings is 1. The molecule has 1 aromatic carbocycles. The molecular formula is C30H24N8S. The summed E-state index contributed by atoms with van der Waals surface area (Å²) < 4.78 is 0. The summed E-state index contributed by atoms with van der Waals surface area (Å²) >= 11 is 1.71. The highest BCUT2D eigenvalue weighted by Gasteiger charge is 2.18. The monoisotopic (exact) mass is 528 g/mol. The first-order chi connectivity index (χ1) is 19.2. The maximum atomic E-state index is 4.98. The molecule has 0 unspecified atom stereocenters. The minimum atomic E-state index is 0.653. The molecule has 6 heterocycles. The molecule has 0 amide bonds. The fourth-order valence-corrected chi connectivity index (χ4v) is 5.55. The number of pyridine rings is 3. The SMILES string of the molecule is Cc1ccc(-c2nccc3[nH]c(-c4n[nH]c5ccc(-c6cncc(CNCc7ccccc7)c6)nc45)nc23)s1. The highest BCUT2D eigenvalue weighted by molar-refractivity contribution is 7.15. The quantitative estimate of drug-likeness (QED) is 0.225. The van der Waals surface area contributed by atoms with Crippen LogP contribution < -0.4 is 5.32 Å². The molecule has 3 N–H and O–H groups in total. The number of fused-ring (bicyclic) bond motifs is 2. The summed E-state index contributed by atoms with van der Waals surface area (Å²) in [6, 6.07) is 22.6. The molecular weight excluding hydrogens is 504 g/mol. The van der Waals surface area contributed by atoms with Gasteiger partial charge in [-0.2, -0.15) is 5.10 Å². The summed E-state index contributed by atoms with van der Waals surface area (Å²) in [5.41, 5.74) is 8.99. The Morgan fingerprint density at radius 3 is 2.56 bits per heavy atom. The highest BCUT2D eigenvalue weighted by atomic mass is 32.1. The van der Waals surface area contributed by atoms with Gasteiger partial charge < -0.3 is 10.3 Å². The lowest BCUT2D eigenvalue weighted by atomic mass is 10.1. The van der Waals surface area contributed by atoms with Crippen molar-refractivity contribution in [3.8, 4) is 33.3 Å². The van der Waals surface area contributed by atoms with Crippen molar-refractivity contribution >= 4 is 33.4 Å². The topological polar surface area (TPSA) is 108 Å². The Hall–Kier alpha value is -4.73. The van der Waals surface area contributed by atoms with E-state index >= 15 is 0 Å². The van der Waals surface area contributed by atoms with Crippen LogP contribution in [-0.4, -0.2) is 35.1 Å². The fraction of sp³-hybridized carbons (Fsp3) is 0.100. The van der Waals surface area contributed by atoms with Crippen molar-refractivity contribution in [2.75, 3.05) is 0 Å². The number of thiophene rings is 1. The van der Waals surface area contributed by atoms with Crippen molar-refractivity contribution in [3.63, 3.8) is 0 Å². The molecule has 0 fully saturated rings. The van der Waals surface area contributed by atoms with Gasteiger partial charge >= 0.3 is 0 Å². The van der Waals surface area contributed by atoms with E-state index in [9.17, 15) is 0 Å². The standard InChI is InChI=1S/C30H24N8S/c1-18-7-10-25(39-18)28-26-23(11-12-33-28)35-30(36-26)29-27-24(37-38-29)9-8-22(34-27)21-13-20(16-32-17-21)15-31-14-19-5-3-2-4-6-19/h2-13,16-17,31H,14-15H2,1H3,(H,35,36)(H,37,38). The number of aromatic amines is 2. The average molecular weight is 529 g/mol. The van der Waals surface area contributed by atoms with Crippen molar-refractivity contribution in [1.29, 1.82) is 0 Å². The molecule has 39 heavy (non-hydrogen) atoms. The van der Waals surface area contributed by atoms with E-state index in [1.54, 1.807) is 11.3 Å². The van der Waals surface area contributed by atoms with Gasteiger partial charge in [-0.15, -0.1) is 11.3 Å². The lowest BCUT2D eigenvalue weighted by Crippen LogP contribution is -2.12. The fourth-order valence-electron chi connectivity index (χ4n) is 4.69. The van der Waals surface area contributed by atoms with Gasteiger partial charge in [0.05, 0.1) is 21.6 Å². The Morgan fingerprint density at radius 1 is 0.821 bits per heavy atom. The van der Waals surface area contributed by atoms with Crippen LogP contribution in [0.2, 0.25) is 0 Å². The van der Waals surface area contributed by atoms with Crippen molar-refractivity contribution < 1.29 is 0 Å². The minimum absolute atomic E-state index is 0.653. The van der Waals surface area contributed by atoms with Gasteiger partial charge in [0.15, 0.2) is 11.5 Å². The largest absolute Gasteiger partial charge is 0.336 e. The molecule has 0 saturated heterocycles. The number of nitrogens with zero attached hydrogens (tertiary/aromatic N) is 5. The summed E-state index contributed by atoms with van der Waals surface area (Å²) in [4.78, 5) is 24.7. The van der Waals surface area contributed by atoms with Gasteiger partial charge in [-0.25, -0.2) is 9.97 Å². The van der Waals surface area contributed by atoms with Crippen LogP contribution in [0.3, 0.4) is 0 Å². The van der Waals surface area contributed by atoms with E-state index in [1.165, 1.54) is 10.4 Å². The van der Waals surface area contributed by atoms with Crippen molar-refractivity contribution in [2.24, 2.45) is 0 Å². The normalized spacial score (nSPS) is 11.5. The van der Waals surface area contributed by atoms with Crippen LogP contribution in [0.15, 0.2) is 85.3 Å². The highest BCUT2D eigenvalue weighted by Crippen LogP contribution is 2.33. The molecule has 8 nitrogen and oxygen atoms in total. The van der Waals surface area contributed by atoms with E-state index in [4.69, 9.17) is 9.97 Å². The predicted molar refractivity (Wildman–Crippen MR) is 155 cm³/mol. The summed E-state index contributed by atoms with van der Waals surface area (Å²) in [6.45, 7) is 3.61. The minimum Gasteiger partial charge on any atom is -0.336 e. The molecule has 0 saturated carbocycles. The van der Waals surface area contributed by atoms with E-state index in [0.717, 1.165) is 56.0 Å². The smallest absolute Gasteiger partial charge is 0.161 e. The number of hydrogen-bond acceptors (Lipinski definition) is 7. The zero-order valence-corrected chi connectivity index (χ0v) is 22.0. The third kappa shape index (κ3) is 4.58. The molecule has 0 atom stereocenters. The van der Waals surface area contributed by atoms with Gasteiger partial charge in [0.25, 0.3) is 0 Å². The summed E-state index contributed by atoms with van der Waals surface area (Å²) in [7, 11) is 0. The molecule has 9 heteroatoms. The second kappa shape index (κ2) is 9.86. The molecule has 6 aromatic heterocycles. The molecule has 7 rings (SSSR count). The van der Waals surface area contributed by atoms with Gasteiger partial charge in [0, 0.05) is 42.1 Å². The van der Waals surface area contributed by atoms with Crippen LogP contribution in [-0.2, 0) is 13.1 Å². The summed E-state index contributed by atoms with van der Waals surface area (Å²) in [5, 5.41) is 11.2. The van der Waals surface area contributed by atoms with Crippen LogP contribution in [0.1, 0.15) is 16.0 Å². The van der Waals surface area contributed by atoms with E-state index < -0.39 is 0 Å². The number of aromatic nitrogens is 7. The van der Waals surface area contributed by atoms with Gasteiger partial charge in [-0.3, -0.25) is 15.1 Å². The van der Waals surface area contributed by atoms with Crippen molar-refractivity contribution in [1.82, 2.24) is 40.4 Å². The first-order valence-corrected chi connectivity index (χ1v) is 13.5. The molecule has 0 aliphatic rings. The van der Waals surface area contributed by atoms with E-state index in [2.05, 4.69) is 79.9 Å². The Labute approximate surface area is 228 Å². The van der Waals surface area contributed by atoms with Gasteiger partial charge in [-0.1, -0.05) is 30.3 Å². The molecule has 0 aliphatic carbocycles. The average Bonchev–Trinajstić information content (AvgIpc) is 3.71. The first kappa shape index (κ1) is 23.4. The third-order valence-corrected chi connectivity index (χ3v) is 7.61. The molecule has 7 aromatic rings. The summed E-state index contributed by atoms with van der Waals surface area (Å²) in [5.74, 6) is 0.653. The molecule has 0 aliphatic heterocycles. The summed E-state index contributed by atoms with van der Waals surface area (Å²) in [6.07, 6.45) is 5.54. The number of aryl methyl sites for hydroxylation is 1. The Bertz CT molecular complexity index is 1920. The number of rotatable bonds is 7. The van der Waals surface area contributed by atoms with Crippen molar-refractivity contribution in [3.05, 3.63) is 101 Å². The molecule has 0 bridgehead atoms. The zero-order valence-electron chi connectivity index (χ0n) is 21.1. The van der Waals surface area contributed by atoms with Crippen molar-refractivity contribution in [2.45, 2.75) is 20.0 Å². The number of imidazole rings is 1. The lowest BCUT2D eigenvalue weighted by Gasteiger charge is -2.07. The van der Waals surface area contributed by atoms with Gasteiger partial charge in [-0.05, 0) is 54.4 Å². The Morgan fingerprint density at radius 2 is 1.69 bits per heavy atom. The third-order valence-electron chi connectivity index (χ3n) is 6.60. The van der Waals surface area contributed by atoms with Gasteiger partial charge in [0.1, 0.15) is 16.7 Å². The van der Waals surface area contributed by atoms with E-state index in [0.29, 0.717) is 18.1 Å². The van der Waals surface area contributed by atoms with Crippen LogP contribution >= 0.6 is 11.3 Å². The predicted octanol–water partition coefficient (Wildman–Crippen LogP) is 6.28. The second-order valence-electron chi connectivity index (χ2n) is 9.39. The Kier molecular flexibility index (Phi) is 5.92. The molecule has 190 valence electrons. The Balaban J connectivity index is 1.20. The number of H-pyrrole nitrogens is 2. The van der Waals surface area contributed by atoms with Gasteiger partial charge in [0.2, 0.25) is 0 Å². The maximum Gasteiger partial charge on any atom is 0.161 e. The molecule has 0 spiro atoms. The molecule has 0 radical (unpaired) electrons. The van der Waals surface area contributed by atoms with Crippen LogP contribution in [0, 0.1) is 6.92 Å². The maximum absolute atomic E-state index is 4.98. The van der Waals surface area contributed by atoms with E-state index in [1.807, 2.05) is 42.9 Å². The van der Waals surface area contributed by atoms with E-state index in [-0.39, 0.29) is 0 Å².